The largest absolute Gasteiger partial charge is 0.386 e. The van der Waals surface area contributed by atoms with Crippen molar-refractivity contribution < 1.29 is 9.18 Å². The zero-order valence-electron chi connectivity index (χ0n) is 15.7. The van der Waals surface area contributed by atoms with Gasteiger partial charge in [-0.15, -0.1) is 0 Å². The topological polar surface area (TPSA) is 79.8 Å². The van der Waals surface area contributed by atoms with Gasteiger partial charge in [-0.3, -0.25) is 4.79 Å². The molecule has 0 bridgehead atoms. The van der Waals surface area contributed by atoms with Crippen LogP contribution in [0, 0.1) is 18.7 Å². The lowest BCUT2D eigenvalue weighted by Gasteiger charge is -2.11. The summed E-state index contributed by atoms with van der Waals surface area (Å²) in [5.74, 6) is 0.815. The number of anilines is 2. The van der Waals surface area contributed by atoms with E-state index in [4.69, 9.17) is 0 Å². The second-order valence-electron chi connectivity index (χ2n) is 6.86. The number of benzene rings is 1. The van der Waals surface area contributed by atoms with Gasteiger partial charge >= 0.3 is 0 Å². The van der Waals surface area contributed by atoms with Crippen LogP contribution in [0.25, 0.3) is 22.6 Å². The molecule has 142 valence electrons. The zero-order chi connectivity index (χ0) is 19.7. The smallest absolute Gasteiger partial charge is 0.228 e. The number of rotatable bonds is 5. The van der Waals surface area contributed by atoms with Gasteiger partial charge < -0.3 is 10.6 Å². The number of hydrogen-bond acceptors (Lipinski definition) is 5. The third kappa shape index (κ3) is 3.69. The van der Waals surface area contributed by atoms with Gasteiger partial charge in [-0.05, 0) is 55.7 Å². The monoisotopic (exact) mass is 377 g/mol. The summed E-state index contributed by atoms with van der Waals surface area (Å²) in [6.45, 7) is 1.83. The summed E-state index contributed by atoms with van der Waals surface area (Å²) < 4.78 is 14.0. The minimum Gasteiger partial charge on any atom is -0.386 e. The summed E-state index contributed by atoms with van der Waals surface area (Å²) in [5, 5.41) is 5.69. The first kappa shape index (κ1) is 18.0. The van der Waals surface area contributed by atoms with E-state index in [2.05, 4.69) is 25.6 Å². The highest BCUT2D eigenvalue weighted by atomic mass is 19.1. The lowest BCUT2D eigenvalue weighted by molar-refractivity contribution is -0.117. The predicted octanol–water partition coefficient (Wildman–Crippen LogP) is 4.04. The SMILES string of the molecule is CNc1cc(-c2nccc(-c3ccnc(NC(=O)C4CC4)c3)n2)c(C)cc1F. The molecule has 1 amide bonds. The molecule has 2 aromatic heterocycles. The van der Waals surface area contributed by atoms with Gasteiger partial charge in [0.25, 0.3) is 0 Å². The number of halogens is 1. The van der Waals surface area contributed by atoms with Gasteiger partial charge in [-0.25, -0.2) is 19.3 Å². The van der Waals surface area contributed by atoms with E-state index < -0.39 is 0 Å². The Bertz CT molecular complexity index is 1050. The van der Waals surface area contributed by atoms with Crippen LogP contribution in [-0.2, 0) is 4.79 Å². The first-order chi connectivity index (χ1) is 13.5. The van der Waals surface area contributed by atoms with E-state index in [1.165, 1.54) is 6.07 Å². The third-order valence-electron chi connectivity index (χ3n) is 4.73. The van der Waals surface area contributed by atoms with E-state index in [9.17, 15) is 9.18 Å². The van der Waals surface area contributed by atoms with Crippen molar-refractivity contribution in [2.75, 3.05) is 17.7 Å². The summed E-state index contributed by atoms with van der Waals surface area (Å²) in [7, 11) is 1.67. The molecule has 4 rings (SSSR count). The van der Waals surface area contributed by atoms with E-state index in [0.717, 1.165) is 29.5 Å². The van der Waals surface area contributed by atoms with Crippen LogP contribution in [0.4, 0.5) is 15.9 Å². The Hall–Kier alpha value is -3.35. The normalized spacial score (nSPS) is 13.2. The van der Waals surface area contributed by atoms with Crippen molar-refractivity contribution in [2.45, 2.75) is 19.8 Å². The Morgan fingerprint density at radius 3 is 2.68 bits per heavy atom. The number of nitrogens with one attached hydrogen (secondary N) is 2. The van der Waals surface area contributed by atoms with Crippen LogP contribution in [0.2, 0.25) is 0 Å². The molecule has 28 heavy (non-hydrogen) atoms. The zero-order valence-corrected chi connectivity index (χ0v) is 15.7. The fraction of sp³-hybridized carbons (Fsp3) is 0.238. The van der Waals surface area contributed by atoms with Crippen molar-refractivity contribution in [2.24, 2.45) is 5.92 Å². The highest BCUT2D eigenvalue weighted by Crippen LogP contribution is 2.31. The first-order valence-electron chi connectivity index (χ1n) is 9.14. The highest BCUT2D eigenvalue weighted by Gasteiger charge is 2.29. The van der Waals surface area contributed by atoms with Crippen LogP contribution in [0.5, 0.6) is 0 Å². The molecule has 1 aliphatic carbocycles. The number of hydrogen-bond donors (Lipinski definition) is 2. The molecule has 7 heteroatoms. The van der Waals surface area contributed by atoms with Crippen molar-refractivity contribution in [3.05, 3.63) is 54.1 Å². The van der Waals surface area contributed by atoms with E-state index >= 15 is 0 Å². The van der Waals surface area contributed by atoms with Crippen molar-refractivity contribution in [1.82, 2.24) is 15.0 Å². The molecule has 1 fully saturated rings. The fourth-order valence-electron chi connectivity index (χ4n) is 2.99. The molecule has 0 aliphatic heterocycles. The van der Waals surface area contributed by atoms with Gasteiger partial charge in [-0.1, -0.05) is 0 Å². The van der Waals surface area contributed by atoms with Gasteiger partial charge in [0.2, 0.25) is 5.91 Å². The predicted molar refractivity (Wildman–Crippen MR) is 106 cm³/mol. The van der Waals surface area contributed by atoms with E-state index in [1.54, 1.807) is 37.6 Å². The fourth-order valence-corrected chi connectivity index (χ4v) is 2.99. The van der Waals surface area contributed by atoms with Gasteiger partial charge in [-0.2, -0.15) is 0 Å². The summed E-state index contributed by atoms with van der Waals surface area (Å²) in [6.07, 6.45) is 5.18. The number of aromatic nitrogens is 3. The molecule has 2 N–H and O–H groups in total. The lowest BCUT2D eigenvalue weighted by Crippen LogP contribution is -2.14. The molecule has 1 saturated carbocycles. The van der Waals surface area contributed by atoms with Crippen LogP contribution in [0.15, 0.2) is 42.7 Å². The Morgan fingerprint density at radius 1 is 1.14 bits per heavy atom. The van der Waals surface area contributed by atoms with Gasteiger partial charge in [0.1, 0.15) is 11.6 Å². The van der Waals surface area contributed by atoms with Crippen molar-refractivity contribution in [3.8, 4) is 22.6 Å². The van der Waals surface area contributed by atoms with E-state index in [-0.39, 0.29) is 17.6 Å². The van der Waals surface area contributed by atoms with Gasteiger partial charge in [0, 0.05) is 36.5 Å². The molecule has 0 radical (unpaired) electrons. The maximum absolute atomic E-state index is 14.0. The average Bonchev–Trinajstić information content (AvgIpc) is 3.54. The number of carbonyl (C=O) groups excluding carboxylic acids is 1. The molecule has 0 atom stereocenters. The molecule has 0 unspecified atom stereocenters. The molecular formula is C21H20FN5O. The molecule has 0 saturated heterocycles. The highest BCUT2D eigenvalue weighted by molar-refractivity contribution is 5.93. The second kappa shape index (κ2) is 7.34. The number of aryl methyl sites for hydroxylation is 1. The lowest BCUT2D eigenvalue weighted by atomic mass is 10.1. The van der Waals surface area contributed by atoms with Gasteiger partial charge in [0.15, 0.2) is 5.82 Å². The van der Waals surface area contributed by atoms with E-state index in [1.807, 2.05) is 13.0 Å². The van der Waals surface area contributed by atoms with Crippen LogP contribution in [-0.4, -0.2) is 27.9 Å². The van der Waals surface area contributed by atoms with Crippen molar-refractivity contribution in [3.63, 3.8) is 0 Å². The molecule has 6 nitrogen and oxygen atoms in total. The average molecular weight is 377 g/mol. The summed E-state index contributed by atoms with van der Waals surface area (Å²) in [5.41, 5.74) is 3.41. The quantitative estimate of drug-likeness (QED) is 0.701. The number of amides is 1. The van der Waals surface area contributed by atoms with Crippen molar-refractivity contribution >= 4 is 17.4 Å². The van der Waals surface area contributed by atoms with Crippen molar-refractivity contribution in [1.29, 1.82) is 0 Å². The number of carbonyl (C=O) groups is 1. The maximum Gasteiger partial charge on any atom is 0.228 e. The molecule has 1 aromatic carbocycles. The van der Waals surface area contributed by atoms with Gasteiger partial charge in [0.05, 0.1) is 11.4 Å². The van der Waals surface area contributed by atoms with E-state index in [0.29, 0.717) is 23.0 Å². The molecule has 3 aromatic rings. The number of nitrogens with zero attached hydrogens (tertiary/aromatic N) is 3. The summed E-state index contributed by atoms with van der Waals surface area (Å²) in [6, 6.07) is 8.59. The van der Waals surface area contributed by atoms with Crippen LogP contribution < -0.4 is 10.6 Å². The van der Waals surface area contributed by atoms with Crippen LogP contribution >= 0.6 is 0 Å². The Kier molecular flexibility index (Phi) is 4.73. The third-order valence-corrected chi connectivity index (χ3v) is 4.73. The van der Waals surface area contributed by atoms with Crippen LogP contribution in [0.3, 0.4) is 0 Å². The Balaban J connectivity index is 1.67. The summed E-state index contributed by atoms with van der Waals surface area (Å²) >= 11 is 0. The molecule has 1 aliphatic rings. The van der Waals surface area contributed by atoms with Crippen LogP contribution in [0.1, 0.15) is 18.4 Å². The maximum atomic E-state index is 14.0. The molecule has 0 spiro atoms. The molecule has 2 heterocycles. The Morgan fingerprint density at radius 2 is 1.93 bits per heavy atom. The molecular weight excluding hydrogens is 357 g/mol. The minimum atomic E-state index is -0.315. The summed E-state index contributed by atoms with van der Waals surface area (Å²) in [4.78, 5) is 25.2. The second-order valence-corrected chi connectivity index (χ2v) is 6.86. The minimum absolute atomic E-state index is 0.00885. The number of pyridine rings is 1. The first-order valence-corrected chi connectivity index (χ1v) is 9.14. The Labute approximate surface area is 162 Å². The standard InChI is InChI=1S/C21H20FN5O/c1-12-9-16(22)18(23-2)11-15(12)20-25-8-6-17(26-20)14-5-7-24-19(10-14)27-21(28)13-3-4-13/h5-11,13,23H,3-4H2,1-2H3,(H,24,27,28).